The zero-order chi connectivity index (χ0) is 35.2. The van der Waals surface area contributed by atoms with Crippen molar-refractivity contribution in [2.24, 2.45) is 0 Å². The number of hydrogen-bond donors (Lipinski definition) is 3. The van der Waals surface area contributed by atoms with Gasteiger partial charge in [-0.05, 0) is 105 Å². The minimum absolute atomic E-state index is 0.000364. The Balaban J connectivity index is 0.978. The van der Waals surface area contributed by atoms with Crippen molar-refractivity contribution in [1.29, 1.82) is 0 Å². The molecule has 4 atom stereocenters. The average molecular weight is 672 g/mol. The molecule has 0 radical (unpaired) electrons. The predicted molar refractivity (Wildman–Crippen MR) is 204 cm³/mol. The molecule has 0 aromatic heterocycles. The summed E-state index contributed by atoms with van der Waals surface area (Å²) < 4.78 is 0. The summed E-state index contributed by atoms with van der Waals surface area (Å²) in [6, 6.07) is 33.1. The number of fused-ring (bicyclic) bond motifs is 2. The van der Waals surface area contributed by atoms with Crippen LogP contribution in [-0.2, 0) is 20.8 Å². The van der Waals surface area contributed by atoms with E-state index in [1.165, 1.54) is 5.56 Å². The van der Waals surface area contributed by atoms with Gasteiger partial charge in [0.1, 0.15) is 0 Å². The lowest BCUT2D eigenvalue weighted by Crippen LogP contribution is -2.44. The van der Waals surface area contributed by atoms with Crippen LogP contribution in [0.5, 0.6) is 0 Å². The van der Waals surface area contributed by atoms with E-state index in [0.717, 1.165) is 65.2 Å². The van der Waals surface area contributed by atoms with Gasteiger partial charge in [0.2, 0.25) is 17.7 Å². The van der Waals surface area contributed by atoms with Crippen LogP contribution < -0.4 is 25.8 Å². The number of rotatable bonds is 11. The number of carbonyl (C=O) groups is 3. The molecule has 0 fully saturated rings. The average Bonchev–Trinajstić information content (AvgIpc) is 3.12. The van der Waals surface area contributed by atoms with Crippen LogP contribution in [0.4, 0.5) is 28.4 Å². The first-order chi connectivity index (χ1) is 24.2. The van der Waals surface area contributed by atoms with Gasteiger partial charge in [-0.2, -0.15) is 0 Å². The van der Waals surface area contributed by atoms with Crippen LogP contribution in [0.1, 0.15) is 95.0 Å². The molecule has 4 aromatic rings. The highest BCUT2D eigenvalue weighted by molar-refractivity contribution is 5.96. The molecule has 8 nitrogen and oxygen atoms in total. The first-order valence-electron chi connectivity index (χ1n) is 18.1. The molecule has 0 spiro atoms. The zero-order valence-electron chi connectivity index (χ0n) is 29.6. The number of carbonyl (C=O) groups excluding carboxylic acids is 3. The van der Waals surface area contributed by atoms with E-state index >= 15 is 0 Å². The fourth-order valence-electron chi connectivity index (χ4n) is 7.50. The second-order valence-electron chi connectivity index (χ2n) is 13.6. The Bertz CT molecular complexity index is 1810. The monoisotopic (exact) mass is 671 g/mol. The highest BCUT2D eigenvalue weighted by Crippen LogP contribution is 2.40. The van der Waals surface area contributed by atoms with Crippen molar-refractivity contribution in [3.63, 3.8) is 0 Å². The number of hydrogen-bond acceptors (Lipinski definition) is 5. The van der Waals surface area contributed by atoms with Crippen LogP contribution in [0.25, 0.3) is 0 Å². The van der Waals surface area contributed by atoms with E-state index < -0.39 is 0 Å². The van der Waals surface area contributed by atoms with Crippen molar-refractivity contribution in [2.45, 2.75) is 96.8 Å². The number of aryl methyl sites for hydroxylation is 1. The third-order valence-electron chi connectivity index (χ3n) is 9.99. The van der Waals surface area contributed by atoms with Gasteiger partial charge in [-0.15, -0.1) is 0 Å². The molecular weight excluding hydrogens is 622 g/mol. The summed E-state index contributed by atoms with van der Waals surface area (Å²) in [6.07, 6.45) is 4.64. The molecule has 3 amide bonds. The standard InChI is InChI=1S/C42H49N5O3/c1-5-41(49)46-28(3)26-36(34-13-7-9-15-38(34)46)43-31-20-18-30(19-21-31)12-11-17-40(48)45-33-24-22-32(23-25-33)44-37-27-29(4)47(42(50)6-2)39-16-10-8-14-35(37)39/h7-10,13-16,18-25,28-29,36-37,43-44H,5-6,11-12,17,26-27H2,1-4H3,(H,45,48)/t28-,29-,36+,37+/m0/s1. The molecule has 6 rings (SSSR count). The lowest BCUT2D eigenvalue weighted by atomic mass is 9.91. The van der Waals surface area contributed by atoms with Crippen LogP contribution in [0.2, 0.25) is 0 Å². The molecule has 0 unspecified atom stereocenters. The normalized spacial score (nSPS) is 19.6. The number of benzene rings is 4. The quantitative estimate of drug-likeness (QED) is 0.148. The Hall–Kier alpha value is -5.11. The summed E-state index contributed by atoms with van der Waals surface area (Å²) in [5.74, 6) is 0.300. The van der Waals surface area contributed by atoms with Crippen LogP contribution >= 0.6 is 0 Å². The van der Waals surface area contributed by atoms with Crippen LogP contribution in [0.15, 0.2) is 97.1 Å². The molecule has 2 aliphatic rings. The summed E-state index contributed by atoms with van der Waals surface area (Å²) in [6.45, 7) is 8.05. The van der Waals surface area contributed by atoms with E-state index in [2.05, 4.69) is 66.2 Å². The number of nitrogens with one attached hydrogen (secondary N) is 3. The maximum atomic E-state index is 12.8. The number of anilines is 5. The summed E-state index contributed by atoms with van der Waals surface area (Å²) in [5.41, 5.74) is 8.23. The molecule has 4 aromatic carbocycles. The Labute approximate surface area is 296 Å². The first kappa shape index (κ1) is 34.7. The predicted octanol–water partition coefficient (Wildman–Crippen LogP) is 9.02. The maximum Gasteiger partial charge on any atom is 0.226 e. The minimum atomic E-state index is 0.000364. The van der Waals surface area contributed by atoms with E-state index in [4.69, 9.17) is 0 Å². The highest BCUT2D eigenvalue weighted by atomic mass is 16.2. The number of amides is 3. The van der Waals surface area contributed by atoms with Crippen molar-refractivity contribution in [1.82, 2.24) is 0 Å². The summed E-state index contributed by atoms with van der Waals surface area (Å²) in [4.78, 5) is 42.0. The van der Waals surface area contributed by atoms with E-state index in [1.807, 2.05) is 84.3 Å². The molecule has 2 aliphatic heterocycles. The Morgan fingerprint density at radius 3 is 1.54 bits per heavy atom. The largest absolute Gasteiger partial charge is 0.378 e. The number of nitrogens with zero attached hydrogens (tertiary/aromatic N) is 2. The van der Waals surface area contributed by atoms with Gasteiger partial charge >= 0.3 is 0 Å². The van der Waals surface area contributed by atoms with Crippen molar-refractivity contribution < 1.29 is 14.4 Å². The van der Waals surface area contributed by atoms with Crippen LogP contribution in [0.3, 0.4) is 0 Å². The molecule has 0 bridgehead atoms. The third kappa shape index (κ3) is 7.70. The molecule has 50 heavy (non-hydrogen) atoms. The number of para-hydroxylation sites is 2. The van der Waals surface area contributed by atoms with Gasteiger partial charge in [0, 0.05) is 59.8 Å². The maximum absolute atomic E-state index is 12.8. The fourth-order valence-corrected chi connectivity index (χ4v) is 7.50. The molecule has 8 heteroatoms. The van der Waals surface area contributed by atoms with Crippen molar-refractivity contribution in [3.05, 3.63) is 114 Å². The highest BCUT2D eigenvalue weighted by Gasteiger charge is 2.34. The summed E-state index contributed by atoms with van der Waals surface area (Å²) in [7, 11) is 0. The molecular formula is C42H49N5O3. The Morgan fingerprint density at radius 2 is 1.06 bits per heavy atom. The zero-order valence-corrected chi connectivity index (χ0v) is 29.6. The van der Waals surface area contributed by atoms with E-state index in [0.29, 0.717) is 19.3 Å². The molecule has 0 saturated heterocycles. The smallest absolute Gasteiger partial charge is 0.226 e. The molecule has 2 heterocycles. The molecule has 0 saturated carbocycles. The lowest BCUT2D eigenvalue weighted by molar-refractivity contribution is -0.119. The molecule has 260 valence electrons. The second kappa shape index (κ2) is 15.6. The van der Waals surface area contributed by atoms with Gasteiger partial charge in [0.05, 0.1) is 12.1 Å². The van der Waals surface area contributed by atoms with E-state index in [9.17, 15) is 14.4 Å². The van der Waals surface area contributed by atoms with Crippen LogP contribution in [0, 0.1) is 0 Å². The van der Waals surface area contributed by atoms with Crippen molar-refractivity contribution >= 4 is 46.2 Å². The summed E-state index contributed by atoms with van der Waals surface area (Å²) >= 11 is 0. The fraction of sp³-hybridized carbons (Fsp3) is 0.357. The molecule has 0 aliphatic carbocycles. The SMILES string of the molecule is CCC(=O)N1c2ccccc2[C@H](Nc2ccc(CCCC(=O)Nc3ccc(N[C@@H]4C[C@H](C)N(C(=O)CC)c5ccccc54)cc3)cc2)C[C@@H]1C. The van der Waals surface area contributed by atoms with Crippen LogP contribution in [-0.4, -0.2) is 29.8 Å². The second-order valence-corrected chi connectivity index (χ2v) is 13.6. The van der Waals surface area contributed by atoms with Crippen molar-refractivity contribution in [3.8, 4) is 0 Å². The van der Waals surface area contributed by atoms with Gasteiger partial charge in [-0.3, -0.25) is 14.4 Å². The van der Waals surface area contributed by atoms with E-state index in [1.54, 1.807) is 0 Å². The van der Waals surface area contributed by atoms with Gasteiger partial charge < -0.3 is 25.8 Å². The Morgan fingerprint density at radius 1 is 0.620 bits per heavy atom. The minimum Gasteiger partial charge on any atom is -0.378 e. The lowest BCUT2D eigenvalue weighted by Gasteiger charge is -2.40. The van der Waals surface area contributed by atoms with Gasteiger partial charge in [0.15, 0.2) is 0 Å². The first-order valence-corrected chi connectivity index (χ1v) is 18.1. The van der Waals surface area contributed by atoms with Gasteiger partial charge in [-0.1, -0.05) is 62.4 Å². The summed E-state index contributed by atoms with van der Waals surface area (Å²) in [5, 5.41) is 10.4. The third-order valence-corrected chi connectivity index (χ3v) is 9.99. The topological polar surface area (TPSA) is 93.8 Å². The van der Waals surface area contributed by atoms with E-state index in [-0.39, 0.29) is 41.9 Å². The van der Waals surface area contributed by atoms with Gasteiger partial charge in [0.25, 0.3) is 0 Å². The van der Waals surface area contributed by atoms with Crippen molar-refractivity contribution in [2.75, 3.05) is 25.8 Å². The van der Waals surface area contributed by atoms with Gasteiger partial charge in [-0.25, -0.2) is 0 Å². The molecule has 3 N–H and O–H groups in total. The Kier molecular flexibility index (Phi) is 10.9.